The summed E-state index contributed by atoms with van der Waals surface area (Å²) in [5.74, 6) is 0.921. The molecule has 0 saturated carbocycles. The van der Waals surface area contributed by atoms with Gasteiger partial charge < -0.3 is 14.6 Å². The highest BCUT2D eigenvalue weighted by molar-refractivity contribution is 9.10. The molecule has 1 N–H and O–H groups in total. The lowest BCUT2D eigenvalue weighted by Crippen LogP contribution is -2.36. The van der Waals surface area contributed by atoms with Crippen molar-refractivity contribution in [1.29, 1.82) is 0 Å². The normalized spacial score (nSPS) is 14.2. The van der Waals surface area contributed by atoms with E-state index >= 15 is 0 Å². The molecule has 0 radical (unpaired) electrons. The summed E-state index contributed by atoms with van der Waals surface area (Å²) in [6.07, 6.45) is 3.20. The van der Waals surface area contributed by atoms with Crippen LogP contribution in [-0.2, 0) is 4.74 Å². The number of benzene rings is 1. The van der Waals surface area contributed by atoms with E-state index in [4.69, 9.17) is 4.74 Å². The van der Waals surface area contributed by atoms with E-state index < -0.39 is 0 Å². The molecule has 4 heterocycles. The minimum atomic E-state index is -0.213. The molecule has 1 aromatic carbocycles. The van der Waals surface area contributed by atoms with E-state index in [0.717, 1.165) is 45.8 Å². The third-order valence-electron chi connectivity index (χ3n) is 5.12. The number of rotatable bonds is 3. The number of nitrogens with one attached hydrogen (secondary N) is 1. The Kier molecular flexibility index (Phi) is 5.02. The average Bonchev–Trinajstić information content (AvgIpc) is 2.79. The topological polar surface area (TPSA) is 84.0 Å². The molecule has 0 spiro atoms. The number of H-pyrrole nitrogens is 1. The number of aromatic amines is 1. The van der Waals surface area contributed by atoms with Crippen LogP contribution >= 0.6 is 15.9 Å². The molecule has 150 valence electrons. The molecule has 30 heavy (non-hydrogen) atoms. The van der Waals surface area contributed by atoms with E-state index in [0.29, 0.717) is 24.2 Å². The van der Waals surface area contributed by atoms with E-state index in [1.807, 2.05) is 48.7 Å². The summed E-state index contributed by atoms with van der Waals surface area (Å²) in [7, 11) is 0. The van der Waals surface area contributed by atoms with Gasteiger partial charge in [0, 0.05) is 34.9 Å². The molecule has 1 fully saturated rings. The van der Waals surface area contributed by atoms with Crippen molar-refractivity contribution in [1.82, 2.24) is 19.9 Å². The first-order valence-electron chi connectivity index (χ1n) is 9.62. The summed E-state index contributed by atoms with van der Waals surface area (Å²) in [5.41, 5.74) is 3.47. The number of fused-ring (bicyclic) bond motifs is 1. The number of ether oxygens (including phenoxy) is 1. The number of nitrogens with zero attached hydrogens (tertiary/aromatic N) is 4. The molecule has 1 aliphatic heterocycles. The fourth-order valence-corrected chi connectivity index (χ4v) is 4.02. The van der Waals surface area contributed by atoms with E-state index in [1.165, 1.54) is 6.33 Å². The maximum atomic E-state index is 12.5. The smallest absolute Gasteiger partial charge is 0.260 e. The quantitative estimate of drug-likeness (QED) is 0.499. The average molecular weight is 464 g/mol. The second-order valence-electron chi connectivity index (χ2n) is 7.00. The molecular weight excluding hydrogens is 446 g/mol. The van der Waals surface area contributed by atoms with Gasteiger partial charge in [0.05, 0.1) is 30.6 Å². The molecule has 0 amide bonds. The van der Waals surface area contributed by atoms with Gasteiger partial charge in [-0.25, -0.2) is 15.0 Å². The van der Waals surface area contributed by atoms with Gasteiger partial charge in [-0.15, -0.1) is 0 Å². The molecule has 0 atom stereocenters. The van der Waals surface area contributed by atoms with Crippen molar-refractivity contribution in [3.05, 3.63) is 69.8 Å². The summed E-state index contributed by atoms with van der Waals surface area (Å²) in [6.45, 7) is 3.10. The van der Waals surface area contributed by atoms with E-state index in [-0.39, 0.29) is 5.56 Å². The summed E-state index contributed by atoms with van der Waals surface area (Å²) in [4.78, 5) is 31.0. The van der Waals surface area contributed by atoms with Crippen LogP contribution in [0.1, 0.15) is 0 Å². The molecule has 4 aromatic rings. The Bertz CT molecular complexity index is 1270. The molecule has 8 heteroatoms. The van der Waals surface area contributed by atoms with Crippen LogP contribution in [0.2, 0.25) is 0 Å². The number of hydrogen-bond donors (Lipinski definition) is 1. The monoisotopic (exact) mass is 463 g/mol. The molecule has 0 aliphatic carbocycles. The number of anilines is 1. The van der Waals surface area contributed by atoms with Gasteiger partial charge >= 0.3 is 0 Å². The van der Waals surface area contributed by atoms with Crippen LogP contribution in [0.15, 0.2) is 64.3 Å². The third-order valence-corrected chi connectivity index (χ3v) is 5.62. The lowest BCUT2D eigenvalue weighted by Gasteiger charge is -2.27. The zero-order valence-corrected chi connectivity index (χ0v) is 17.6. The lowest BCUT2D eigenvalue weighted by atomic mass is 10.0. The lowest BCUT2D eigenvalue weighted by molar-refractivity contribution is 0.122. The van der Waals surface area contributed by atoms with Gasteiger partial charge in [-0.3, -0.25) is 4.79 Å². The van der Waals surface area contributed by atoms with Gasteiger partial charge in [0.25, 0.3) is 5.56 Å². The number of morpholine rings is 1. The van der Waals surface area contributed by atoms with Crippen molar-refractivity contribution >= 4 is 32.8 Å². The van der Waals surface area contributed by atoms with Gasteiger partial charge in [-0.05, 0) is 35.9 Å². The first kappa shape index (κ1) is 18.9. The largest absolute Gasteiger partial charge is 0.378 e. The maximum absolute atomic E-state index is 12.5. The Balaban J connectivity index is 1.62. The SMILES string of the molecule is O=c1[nH]cnc2nc(-c3ccc(N4CCOCC4)nc3)cc(-c3cccc(Br)c3)c12. The van der Waals surface area contributed by atoms with Crippen molar-refractivity contribution in [2.75, 3.05) is 31.2 Å². The summed E-state index contributed by atoms with van der Waals surface area (Å²) >= 11 is 3.51. The van der Waals surface area contributed by atoms with Crippen molar-refractivity contribution in [3.8, 4) is 22.4 Å². The van der Waals surface area contributed by atoms with Crippen LogP contribution in [0, 0.1) is 0 Å². The molecule has 1 saturated heterocycles. The van der Waals surface area contributed by atoms with Crippen molar-refractivity contribution in [3.63, 3.8) is 0 Å². The van der Waals surface area contributed by atoms with Crippen molar-refractivity contribution in [2.24, 2.45) is 0 Å². The van der Waals surface area contributed by atoms with E-state index in [2.05, 4.69) is 40.8 Å². The molecule has 0 unspecified atom stereocenters. The zero-order valence-electron chi connectivity index (χ0n) is 16.0. The maximum Gasteiger partial charge on any atom is 0.260 e. The zero-order chi connectivity index (χ0) is 20.5. The van der Waals surface area contributed by atoms with Crippen molar-refractivity contribution < 1.29 is 4.74 Å². The van der Waals surface area contributed by atoms with Crippen LogP contribution in [0.25, 0.3) is 33.4 Å². The first-order valence-corrected chi connectivity index (χ1v) is 10.4. The van der Waals surface area contributed by atoms with Crippen LogP contribution < -0.4 is 10.5 Å². The molecule has 5 rings (SSSR count). The summed E-state index contributed by atoms with van der Waals surface area (Å²) in [6, 6.07) is 13.8. The summed E-state index contributed by atoms with van der Waals surface area (Å²) < 4.78 is 6.34. The fraction of sp³-hybridized carbons (Fsp3) is 0.182. The van der Waals surface area contributed by atoms with E-state index in [1.54, 1.807) is 0 Å². The summed E-state index contributed by atoms with van der Waals surface area (Å²) in [5, 5.41) is 0.470. The Morgan fingerprint density at radius 2 is 1.90 bits per heavy atom. The Morgan fingerprint density at radius 1 is 1.03 bits per heavy atom. The first-order chi connectivity index (χ1) is 14.7. The molecule has 1 aliphatic rings. The van der Waals surface area contributed by atoms with Crippen LogP contribution in [0.5, 0.6) is 0 Å². The Morgan fingerprint density at radius 3 is 2.67 bits per heavy atom. The number of aromatic nitrogens is 4. The van der Waals surface area contributed by atoms with Crippen LogP contribution in [0.3, 0.4) is 0 Å². The Labute approximate surface area is 180 Å². The highest BCUT2D eigenvalue weighted by Crippen LogP contribution is 2.31. The molecular formula is C22H18BrN5O2. The standard InChI is InChI=1S/C22H18BrN5O2/c23-16-3-1-2-14(10-16)17-11-18(27-21-20(17)22(29)26-13-25-21)15-4-5-19(24-12-15)28-6-8-30-9-7-28/h1-5,10-13H,6-9H2,(H,25,26,27,29). The minimum absolute atomic E-state index is 0.213. The second kappa shape index (κ2) is 7.97. The minimum Gasteiger partial charge on any atom is -0.378 e. The van der Waals surface area contributed by atoms with Gasteiger partial charge in [0.1, 0.15) is 5.82 Å². The Hall–Kier alpha value is -3.10. The van der Waals surface area contributed by atoms with Gasteiger partial charge in [-0.1, -0.05) is 28.1 Å². The van der Waals surface area contributed by atoms with Gasteiger partial charge in [0.2, 0.25) is 0 Å². The number of pyridine rings is 2. The van der Waals surface area contributed by atoms with Crippen LogP contribution in [-0.4, -0.2) is 46.2 Å². The molecule has 7 nitrogen and oxygen atoms in total. The second-order valence-corrected chi connectivity index (χ2v) is 7.92. The third kappa shape index (κ3) is 3.59. The van der Waals surface area contributed by atoms with E-state index in [9.17, 15) is 4.79 Å². The van der Waals surface area contributed by atoms with Gasteiger partial charge in [-0.2, -0.15) is 0 Å². The van der Waals surface area contributed by atoms with Gasteiger partial charge in [0.15, 0.2) is 5.65 Å². The highest BCUT2D eigenvalue weighted by Gasteiger charge is 2.15. The number of halogens is 1. The fourth-order valence-electron chi connectivity index (χ4n) is 3.62. The molecule has 0 bridgehead atoms. The predicted molar refractivity (Wildman–Crippen MR) is 120 cm³/mol. The highest BCUT2D eigenvalue weighted by atomic mass is 79.9. The van der Waals surface area contributed by atoms with Crippen molar-refractivity contribution in [2.45, 2.75) is 0 Å². The number of hydrogen-bond acceptors (Lipinski definition) is 6. The van der Waals surface area contributed by atoms with Crippen LogP contribution in [0.4, 0.5) is 5.82 Å². The molecule has 3 aromatic heterocycles. The predicted octanol–water partition coefficient (Wildman–Crippen LogP) is 3.65.